The van der Waals surface area contributed by atoms with Crippen LogP contribution in [0.25, 0.3) is 0 Å². The third-order valence-corrected chi connectivity index (χ3v) is 1.44. The first-order valence-corrected chi connectivity index (χ1v) is 3.16. The summed E-state index contributed by atoms with van der Waals surface area (Å²) in [5, 5.41) is 14.3. The molecule has 1 heterocycles. The number of nitrogens with zero attached hydrogens (tertiary/aromatic N) is 2. The highest BCUT2D eigenvalue weighted by Crippen LogP contribution is 2.24. The predicted octanol–water partition coefficient (Wildman–Crippen LogP) is 1.13. The highest BCUT2D eigenvalue weighted by molar-refractivity contribution is 5.60. The molecule has 0 bridgehead atoms. The molecule has 0 saturated heterocycles. The molecule has 0 spiro atoms. The molecule has 0 radical (unpaired) electrons. The van der Waals surface area contributed by atoms with Crippen LogP contribution in [0.3, 0.4) is 0 Å². The molecule has 0 saturated carbocycles. The van der Waals surface area contributed by atoms with E-state index >= 15 is 0 Å². The van der Waals surface area contributed by atoms with Crippen LogP contribution in [0.15, 0.2) is 29.5 Å². The first-order valence-electron chi connectivity index (χ1n) is 3.16. The van der Waals surface area contributed by atoms with E-state index in [0.29, 0.717) is 10.5 Å². The van der Waals surface area contributed by atoms with Gasteiger partial charge in [0.1, 0.15) is 10.9 Å². The van der Waals surface area contributed by atoms with Gasteiger partial charge in [-0.05, 0) is 12.1 Å². The molecule has 0 unspecified atom stereocenters. The predicted molar refractivity (Wildman–Crippen MR) is 38.9 cm³/mol. The SMILES string of the molecule is [O-][N+]1=NNNc2ccccc21. The number of hydrazine groups is 1. The molecule has 0 amide bonds. The Hall–Kier alpha value is -1.78. The highest BCUT2D eigenvalue weighted by atomic mass is 16.5. The standard InChI is InChI=1S/C6H6N4O/c11-10-6-4-2-1-3-5(6)7-8-9-10/h1-4,7-8H. The van der Waals surface area contributed by atoms with Crippen molar-refractivity contribution in [3.8, 4) is 0 Å². The molecule has 5 heteroatoms. The van der Waals surface area contributed by atoms with Crippen molar-refractivity contribution in [2.24, 2.45) is 5.22 Å². The number of benzene rings is 1. The van der Waals surface area contributed by atoms with Crippen LogP contribution in [0.4, 0.5) is 11.4 Å². The van der Waals surface area contributed by atoms with Crippen LogP contribution in [-0.4, -0.2) is 4.86 Å². The van der Waals surface area contributed by atoms with Gasteiger partial charge in [0.15, 0.2) is 5.69 Å². The molecule has 11 heavy (non-hydrogen) atoms. The first-order chi connectivity index (χ1) is 5.38. The second-order valence-corrected chi connectivity index (χ2v) is 2.13. The molecular weight excluding hydrogens is 144 g/mol. The Kier molecular flexibility index (Phi) is 1.15. The summed E-state index contributed by atoms with van der Waals surface area (Å²) in [5.41, 5.74) is 6.37. The lowest BCUT2D eigenvalue weighted by Crippen LogP contribution is -2.22. The van der Waals surface area contributed by atoms with Crippen LogP contribution in [0.5, 0.6) is 0 Å². The number of hydrogen-bond acceptors (Lipinski definition) is 4. The number of para-hydroxylation sites is 2. The van der Waals surface area contributed by atoms with Gasteiger partial charge in [0, 0.05) is 0 Å². The van der Waals surface area contributed by atoms with E-state index in [-0.39, 0.29) is 0 Å². The third-order valence-electron chi connectivity index (χ3n) is 1.44. The number of rotatable bonds is 0. The summed E-state index contributed by atoms with van der Waals surface area (Å²) in [4.78, 5) is 0.534. The van der Waals surface area contributed by atoms with E-state index in [1.165, 1.54) is 0 Å². The minimum Gasteiger partial charge on any atom is -0.691 e. The molecule has 0 fully saturated rings. The van der Waals surface area contributed by atoms with Crippen LogP contribution >= 0.6 is 0 Å². The second-order valence-electron chi connectivity index (χ2n) is 2.13. The van der Waals surface area contributed by atoms with Gasteiger partial charge in [0.25, 0.3) is 0 Å². The average Bonchev–Trinajstić information content (AvgIpc) is 2.06. The van der Waals surface area contributed by atoms with Crippen LogP contribution in [0.1, 0.15) is 0 Å². The Morgan fingerprint density at radius 3 is 3.00 bits per heavy atom. The van der Waals surface area contributed by atoms with Gasteiger partial charge in [-0.15, -0.1) is 4.86 Å². The zero-order valence-corrected chi connectivity index (χ0v) is 5.61. The molecule has 0 aliphatic carbocycles. The maximum atomic E-state index is 10.9. The van der Waals surface area contributed by atoms with E-state index in [1.54, 1.807) is 18.2 Å². The summed E-state index contributed by atoms with van der Waals surface area (Å²) in [5.74, 6) is 0. The van der Waals surface area contributed by atoms with Crippen molar-refractivity contribution in [1.82, 2.24) is 5.53 Å². The lowest BCUT2D eigenvalue weighted by Gasteiger charge is -2.13. The topological polar surface area (TPSA) is 62.5 Å². The Balaban J connectivity index is 2.56. The van der Waals surface area contributed by atoms with Crippen molar-refractivity contribution in [3.63, 3.8) is 0 Å². The van der Waals surface area contributed by atoms with Gasteiger partial charge < -0.3 is 5.21 Å². The van der Waals surface area contributed by atoms with Crippen molar-refractivity contribution >= 4 is 11.4 Å². The summed E-state index contributed by atoms with van der Waals surface area (Å²) in [6.45, 7) is 0. The van der Waals surface area contributed by atoms with Crippen molar-refractivity contribution in [1.29, 1.82) is 0 Å². The molecule has 2 rings (SSSR count). The minimum absolute atomic E-state index is 0.520. The van der Waals surface area contributed by atoms with Crippen LogP contribution < -0.4 is 11.0 Å². The quantitative estimate of drug-likeness (QED) is 0.430. The molecule has 1 aliphatic heterocycles. The lowest BCUT2D eigenvalue weighted by molar-refractivity contribution is -0.449. The first kappa shape index (κ1) is 5.96. The van der Waals surface area contributed by atoms with Crippen LogP contribution in [0.2, 0.25) is 0 Å². The Morgan fingerprint density at radius 2 is 2.18 bits per heavy atom. The van der Waals surface area contributed by atoms with Gasteiger partial charge in [-0.3, -0.25) is 0 Å². The van der Waals surface area contributed by atoms with E-state index in [9.17, 15) is 5.21 Å². The Morgan fingerprint density at radius 1 is 1.36 bits per heavy atom. The van der Waals surface area contributed by atoms with Crippen molar-refractivity contribution in [3.05, 3.63) is 29.5 Å². The summed E-state index contributed by atoms with van der Waals surface area (Å²) >= 11 is 0. The van der Waals surface area contributed by atoms with E-state index in [2.05, 4.69) is 16.2 Å². The van der Waals surface area contributed by atoms with E-state index in [0.717, 1.165) is 5.69 Å². The Labute approximate surface area is 62.9 Å². The minimum atomic E-state index is 0.520. The van der Waals surface area contributed by atoms with Crippen LogP contribution in [0, 0.1) is 5.21 Å². The fraction of sp³-hybridized carbons (Fsp3) is 0. The molecule has 2 N–H and O–H groups in total. The monoisotopic (exact) mass is 150 g/mol. The highest BCUT2D eigenvalue weighted by Gasteiger charge is 2.10. The van der Waals surface area contributed by atoms with Crippen molar-refractivity contribution in [2.75, 3.05) is 5.43 Å². The van der Waals surface area contributed by atoms with Gasteiger partial charge >= 0.3 is 0 Å². The van der Waals surface area contributed by atoms with Crippen molar-refractivity contribution in [2.45, 2.75) is 0 Å². The Bertz CT molecular complexity index is 309. The van der Waals surface area contributed by atoms with Gasteiger partial charge in [-0.2, -0.15) is 0 Å². The lowest BCUT2D eigenvalue weighted by atomic mass is 10.3. The zero-order valence-electron chi connectivity index (χ0n) is 5.61. The summed E-state index contributed by atoms with van der Waals surface area (Å²) in [7, 11) is 0. The van der Waals surface area contributed by atoms with Gasteiger partial charge in [-0.25, -0.2) is 5.43 Å². The zero-order chi connectivity index (χ0) is 7.68. The smallest absolute Gasteiger partial charge is 0.181 e. The van der Waals surface area contributed by atoms with Crippen molar-refractivity contribution < 1.29 is 4.86 Å². The normalized spacial score (nSPS) is 14.0. The van der Waals surface area contributed by atoms with E-state index in [1.807, 2.05) is 6.07 Å². The summed E-state index contributed by atoms with van der Waals surface area (Å²) in [6, 6.07) is 7.11. The van der Waals surface area contributed by atoms with E-state index in [4.69, 9.17) is 0 Å². The second kappa shape index (κ2) is 2.12. The fourth-order valence-electron chi connectivity index (χ4n) is 0.931. The number of nitrogens with one attached hydrogen (secondary N) is 2. The van der Waals surface area contributed by atoms with Crippen LogP contribution in [-0.2, 0) is 0 Å². The van der Waals surface area contributed by atoms with E-state index < -0.39 is 0 Å². The molecule has 0 aromatic heterocycles. The van der Waals surface area contributed by atoms with Gasteiger partial charge in [0.2, 0.25) is 0 Å². The summed E-state index contributed by atoms with van der Waals surface area (Å²) in [6.07, 6.45) is 0. The molecular formula is C6H6N4O. The van der Waals surface area contributed by atoms with Gasteiger partial charge in [0.05, 0.1) is 0 Å². The number of fused-ring (bicyclic) bond motifs is 1. The third kappa shape index (κ3) is 0.861. The maximum Gasteiger partial charge on any atom is 0.181 e. The number of hydrogen-bond donors (Lipinski definition) is 2. The van der Waals surface area contributed by atoms with Gasteiger partial charge in [-0.1, -0.05) is 17.7 Å². The summed E-state index contributed by atoms with van der Waals surface area (Å²) < 4.78 is 0. The molecule has 0 atom stereocenters. The largest absolute Gasteiger partial charge is 0.691 e. The maximum absolute atomic E-state index is 10.9. The fourth-order valence-corrected chi connectivity index (χ4v) is 0.931. The molecule has 1 aromatic carbocycles. The molecule has 1 aromatic rings. The number of anilines is 1. The molecule has 1 aliphatic rings. The molecule has 5 nitrogen and oxygen atoms in total. The molecule has 56 valence electrons. The average molecular weight is 150 g/mol.